The van der Waals surface area contributed by atoms with Crippen molar-refractivity contribution in [3.63, 3.8) is 0 Å². The summed E-state index contributed by atoms with van der Waals surface area (Å²) in [5.41, 5.74) is 0.513. The predicted molar refractivity (Wildman–Crippen MR) is 58.6 cm³/mol. The fraction of sp³-hybridized carbons (Fsp3) is 1.00. The minimum absolute atomic E-state index is 0.338. The zero-order valence-corrected chi connectivity index (χ0v) is 9.92. The molecule has 1 saturated heterocycles. The summed E-state index contributed by atoms with van der Waals surface area (Å²) in [6.07, 6.45) is 10.2. The van der Waals surface area contributed by atoms with Crippen LogP contribution in [0.2, 0.25) is 0 Å². The first-order valence-electron chi connectivity index (χ1n) is 6.47. The summed E-state index contributed by atoms with van der Waals surface area (Å²) < 4.78 is 12.2. The Labute approximate surface area is 92.3 Å². The summed E-state index contributed by atoms with van der Waals surface area (Å²) >= 11 is 0. The molecule has 2 atom stereocenters. The van der Waals surface area contributed by atoms with Crippen LogP contribution in [0.3, 0.4) is 0 Å². The van der Waals surface area contributed by atoms with Crippen molar-refractivity contribution in [1.29, 1.82) is 0 Å². The molecule has 0 amide bonds. The maximum atomic E-state index is 6.14. The van der Waals surface area contributed by atoms with Crippen LogP contribution in [0.15, 0.2) is 0 Å². The van der Waals surface area contributed by atoms with Crippen molar-refractivity contribution in [2.75, 3.05) is 0 Å². The molecule has 0 aromatic heterocycles. The molecule has 15 heavy (non-hydrogen) atoms. The molecule has 3 fully saturated rings. The molecule has 2 aliphatic carbocycles. The van der Waals surface area contributed by atoms with E-state index < -0.39 is 0 Å². The van der Waals surface area contributed by atoms with Crippen molar-refractivity contribution in [2.24, 2.45) is 5.41 Å². The van der Waals surface area contributed by atoms with Gasteiger partial charge in [0.25, 0.3) is 0 Å². The van der Waals surface area contributed by atoms with Gasteiger partial charge in [0, 0.05) is 0 Å². The molecule has 3 rings (SSSR count). The summed E-state index contributed by atoms with van der Waals surface area (Å²) in [6, 6.07) is 0. The van der Waals surface area contributed by atoms with Gasteiger partial charge in [0.05, 0.1) is 12.2 Å². The van der Waals surface area contributed by atoms with E-state index in [4.69, 9.17) is 9.47 Å². The van der Waals surface area contributed by atoms with Crippen molar-refractivity contribution >= 4 is 0 Å². The van der Waals surface area contributed by atoms with Gasteiger partial charge in [0.15, 0.2) is 5.79 Å². The molecule has 1 heterocycles. The quantitative estimate of drug-likeness (QED) is 0.611. The highest BCUT2D eigenvalue weighted by molar-refractivity contribution is 5.05. The summed E-state index contributed by atoms with van der Waals surface area (Å²) in [6.45, 7) is 4.13. The summed E-state index contributed by atoms with van der Waals surface area (Å²) in [5.74, 6) is -0.338. The van der Waals surface area contributed by atoms with Crippen LogP contribution in [-0.2, 0) is 9.47 Å². The summed E-state index contributed by atoms with van der Waals surface area (Å²) in [5, 5.41) is 0. The Morgan fingerprint density at radius 2 is 1.73 bits per heavy atom. The fourth-order valence-electron chi connectivity index (χ4n) is 3.40. The smallest absolute Gasteiger partial charge is 0.163 e. The first-order chi connectivity index (χ1) is 7.11. The monoisotopic (exact) mass is 210 g/mol. The molecule has 2 unspecified atom stereocenters. The van der Waals surface area contributed by atoms with Gasteiger partial charge in [-0.1, -0.05) is 19.3 Å². The molecule has 0 bridgehead atoms. The van der Waals surface area contributed by atoms with Crippen LogP contribution in [0.25, 0.3) is 0 Å². The minimum Gasteiger partial charge on any atom is -0.345 e. The van der Waals surface area contributed by atoms with Gasteiger partial charge in [-0.15, -0.1) is 0 Å². The Balaban J connectivity index is 1.82. The van der Waals surface area contributed by atoms with Gasteiger partial charge in [0.1, 0.15) is 0 Å². The van der Waals surface area contributed by atoms with Crippen LogP contribution in [0.5, 0.6) is 0 Å². The first-order valence-corrected chi connectivity index (χ1v) is 6.47. The number of hydrogen-bond donors (Lipinski definition) is 0. The van der Waals surface area contributed by atoms with E-state index in [2.05, 4.69) is 13.8 Å². The van der Waals surface area contributed by atoms with E-state index in [1.807, 2.05) is 0 Å². The number of fused-ring (bicyclic) bond motifs is 2. The molecule has 0 N–H and O–H groups in total. The predicted octanol–water partition coefficient (Wildman–Crippen LogP) is 3.25. The lowest BCUT2D eigenvalue weighted by molar-refractivity contribution is -0.152. The van der Waals surface area contributed by atoms with Crippen molar-refractivity contribution in [2.45, 2.75) is 76.8 Å². The van der Waals surface area contributed by atoms with Crippen LogP contribution < -0.4 is 0 Å². The van der Waals surface area contributed by atoms with Gasteiger partial charge in [0.2, 0.25) is 0 Å². The van der Waals surface area contributed by atoms with Gasteiger partial charge in [-0.25, -0.2) is 0 Å². The minimum atomic E-state index is -0.338. The highest BCUT2D eigenvalue weighted by atomic mass is 16.8. The van der Waals surface area contributed by atoms with Crippen molar-refractivity contribution in [1.82, 2.24) is 0 Å². The molecule has 3 aliphatic rings. The SMILES string of the molecule is CC1(C)OC2CCCCCC3(CC3)C2O1. The third-order valence-corrected chi connectivity index (χ3v) is 4.34. The second kappa shape index (κ2) is 3.21. The van der Waals surface area contributed by atoms with Gasteiger partial charge in [-0.05, 0) is 44.9 Å². The topological polar surface area (TPSA) is 18.5 Å². The lowest BCUT2D eigenvalue weighted by atomic mass is 9.84. The Morgan fingerprint density at radius 3 is 2.47 bits per heavy atom. The maximum absolute atomic E-state index is 6.14. The van der Waals surface area contributed by atoms with Gasteiger partial charge in [-0.3, -0.25) is 0 Å². The molecule has 0 aromatic rings. The Bertz CT molecular complexity index is 255. The molecule has 0 aromatic carbocycles. The second-order valence-electron chi connectivity index (χ2n) is 6.06. The molecule has 1 aliphatic heterocycles. The molecular weight excluding hydrogens is 188 g/mol. The van der Waals surface area contributed by atoms with Crippen LogP contribution in [0.1, 0.15) is 58.8 Å². The van der Waals surface area contributed by atoms with E-state index in [0.29, 0.717) is 17.6 Å². The van der Waals surface area contributed by atoms with E-state index in [0.717, 1.165) is 0 Å². The molecule has 1 spiro atoms. The van der Waals surface area contributed by atoms with E-state index in [9.17, 15) is 0 Å². The van der Waals surface area contributed by atoms with E-state index >= 15 is 0 Å². The maximum Gasteiger partial charge on any atom is 0.163 e. The van der Waals surface area contributed by atoms with E-state index in [1.165, 1.54) is 44.9 Å². The standard InChI is InChI=1S/C13H22O2/c1-12(2)14-10-6-4-3-5-7-13(8-9-13)11(10)15-12/h10-11H,3-9H2,1-2H3. The van der Waals surface area contributed by atoms with Crippen molar-refractivity contribution in [3.8, 4) is 0 Å². The zero-order chi connectivity index (χ0) is 10.5. The van der Waals surface area contributed by atoms with E-state index in [1.54, 1.807) is 0 Å². The third kappa shape index (κ3) is 1.72. The highest BCUT2D eigenvalue weighted by Gasteiger charge is 2.58. The fourth-order valence-corrected chi connectivity index (χ4v) is 3.40. The Hall–Kier alpha value is -0.0800. The second-order valence-corrected chi connectivity index (χ2v) is 6.06. The van der Waals surface area contributed by atoms with Gasteiger partial charge < -0.3 is 9.47 Å². The molecule has 2 saturated carbocycles. The van der Waals surface area contributed by atoms with Gasteiger partial charge in [-0.2, -0.15) is 0 Å². The van der Waals surface area contributed by atoms with Crippen LogP contribution in [0, 0.1) is 5.41 Å². The molecule has 86 valence electrons. The van der Waals surface area contributed by atoms with Crippen LogP contribution >= 0.6 is 0 Å². The van der Waals surface area contributed by atoms with Crippen LogP contribution in [0.4, 0.5) is 0 Å². The first kappa shape index (κ1) is 10.1. The molecule has 2 heteroatoms. The molecular formula is C13H22O2. The Morgan fingerprint density at radius 1 is 0.933 bits per heavy atom. The van der Waals surface area contributed by atoms with Crippen molar-refractivity contribution in [3.05, 3.63) is 0 Å². The zero-order valence-electron chi connectivity index (χ0n) is 9.92. The average molecular weight is 210 g/mol. The normalized spacial score (nSPS) is 42.0. The number of hydrogen-bond acceptors (Lipinski definition) is 2. The summed E-state index contributed by atoms with van der Waals surface area (Å²) in [7, 11) is 0. The third-order valence-electron chi connectivity index (χ3n) is 4.34. The number of rotatable bonds is 0. The molecule has 2 nitrogen and oxygen atoms in total. The van der Waals surface area contributed by atoms with Crippen LogP contribution in [-0.4, -0.2) is 18.0 Å². The average Bonchev–Trinajstić information content (AvgIpc) is 2.86. The van der Waals surface area contributed by atoms with E-state index in [-0.39, 0.29) is 5.79 Å². The molecule has 0 radical (unpaired) electrons. The Kier molecular flexibility index (Phi) is 2.16. The lowest BCUT2D eigenvalue weighted by Crippen LogP contribution is -2.33. The van der Waals surface area contributed by atoms with Crippen molar-refractivity contribution < 1.29 is 9.47 Å². The summed E-state index contributed by atoms with van der Waals surface area (Å²) in [4.78, 5) is 0. The largest absolute Gasteiger partial charge is 0.345 e. The highest BCUT2D eigenvalue weighted by Crippen LogP contribution is 2.58. The number of ether oxygens (including phenoxy) is 2. The van der Waals surface area contributed by atoms with Gasteiger partial charge >= 0.3 is 0 Å². The lowest BCUT2D eigenvalue weighted by Gasteiger charge is -2.28.